The highest BCUT2D eigenvalue weighted by atomic mass is 16.3. The Balaban J connectivity index is 2.64. The van der Waals surface area contributed by atoms with Gasteiger partial charge in [0.1, 0.15) is 0 Å². The van der Waals surface area contributed by atoms with Crippen LogP contribution in [0.3, 0.4) is 0 Å². The van der Waals surface area contributed by atoms with Gasteiger partial charge in [-0.15, -0.1) is 0 Å². The SMILES string of the molecule is CC(O)CCC(=O)Nc1cccc(NC(=O)C(C)(C)C)c1. The molecule has 0 aliphatic rings. The van der Waals surface area contributed by atoms with Crippen molar-refractivity contribution in [3.8, 4) is 0 Å². The van der Waals surface area contributed by atoms with Gasteiger partial charge in [-0.2, -0.15) is 0 Å². The molecular weight excluding hydrogens is 268 g/mol. The summed E-state index contributed by atoms with van der Waals surface area (Å²) in [5, 5.41) is 14.7. The summed E-state index contributed by atoms with van der Waals surface area (Å²) in [6, 6.07) is 7.01. The van der Waals surface area contributed by atoms with E-state index in [1.807, 2.05) is 20.8 Å². The molecule has 5 heteroatoms. The van der Waals surface area contributed by atoms with Crippen LogP contribution in [0.25, 0.3) is 0 Å². The van der Waals surface area contributed by atoms with E-state index < -0.39 is 11.5 Å². The van der Waals surface area contributed by atoms with E-state index in [-0.39, 0.29) is 18.2 Å². The molecule has 0 radical (unpaired) electrons. The quantitative estimate of drug-likeness (QED) is 0.781. The fourth-order valence-corrected chi connectivity index (χ4v) is 1.56. The molecule has 2 amide bonds. The molecule has 0 aromatic heterocycles. The van der Waals surface area contributed by atoms with E-state index in [9.17, 15) is 9.59 Å². The van der Waals surface area contributed by atoms with Gasteiger partial charge < -0.3 is 15.7 Å². The highest BCUT2D eigenvalue weighted by Gasteiger charge is 2.21. The second kappa shape index (κ2) is 7.22. The maximum absolute atomic E-state index is 11.9. The molecule has 0 saturated carbocycles. The fourth-order valence-electron chi connectivity index (χ4n) is 1.56. The zero-order valence-electron chi connectivity index (χ0n) is 13.1. The number of nitrogens with one attached hydrogen (secondary N) is 2. The van der Waals surface area contributed by atoms with Crippen molar-refractivity contribution >= 4 is 23.2 Å². The molecule has 5 nitrogen and oxygen atoms in total. The lowest BCUT2D eigenvalue weighted by Gasteiger charge is -2.18. The Morgan fingerprint density at radius 1 is 1.19 bits per heavy atom. The molecule has 1 aromatic rings. The van der Waals surface area contributed by atoms with Crippen LogP contribution >= 0.6 is 0 Å². The number of anilines is 2. The molecule has 116 valence electrons. The monoisotopic (exact) mass is 292 g/mol. The van der Waals surface area contributed by atoms with Crippen molar-refractivity contribution in [3.63, 3.8) is 0 Å². The summed E-state index contributed by atoms with van der Waals surface area (Å²) < 4.78 is 0. The highest BCUT2D eigenvalue weighted by molar-refractivity contribution is 5.96. The molecule has 0 spiro atoms. The molecule has 1 unspecified atom stereocenters. The number of aliphatic hydroxyl groups excluding tert-OH is 1. The summed E-state index contributed by atoms with van der Waals surface area (Å²) in [7, 11) is 0. The van der Waals surface area contributed by atoms with Crippen molar-refractivity contribution in [1.82, 2.24) is 0 Å². The molecule has 1 rings (SSSR count). The molecule has 1 aromatic carbocycles. The van der Waals surface area contributed by atoms with Crippen LogP contribution in [0.4, 0.5) is 11.4 Å². The van der Waals surface area contributed by atoms with E-state index in [0.29, 0.717) is 17.8 Å². The molecule has 0 aliphatic heterocycles. The van der Waals surface area contributed by atoms with Gasteiger partial charge in [-0.1, -0.05) is 26.8 Å². The maximum Gasteiger partial charge on any atom is 0.229 e. The Bertz CT molecular complexity index is 504. The topological polar surface area (TPSA) is 78.4 Å². The van der Waals surface area contributed by atoms with Gasteiger partial charge in [0.15, 0.2) is 0 Å². The lowest BCUT2D eigenvalue weighted by molar-refractivity contribution is -0.123. The first kappa shape index (κ1) is 17.2. The van der Waals surface area contributed by atoms with Gasteiger partial charge in [0.05, 0.1) is 6.10 Å². The van der Waals surface area contributed by atoms with Crippen molar-refractivity contribution in [2.45, 2.75) is 46.6 Å². The van der Waals surface area contributed by atoms with Crippen LogP contribution in [0, 0.1) is 5.41 Å². The number of aliphatic hydroxyl groups is 1. The summed E-state index contributed by atoms with van der Waals surface area (Å²) in [5.41, 5.74) is 0.789. The predicted octanol–water partition coefficient (Wildman–Crippen LogP) is 2.77. The van der Waals surface area contributed by atoms with Crippen molar-refractivity contribution in [2.24, 2.45) is 5.41 Å². The molecule has 0 saturated heterocycles. The first-order chi connectivity index (χ1) is 9.68. The minimum Gasteiger partial charge on any atom is -0.393 e. The minimum absolute atomic E-state index is 0.0833. The number of carbonyl (C=O) groups is 2. The molecule has 21 heavy (non-hydrogen) atoms. The standard InChI is InChI=1S/C16H24N2O3/c1-11(19)8-9-14(20)17-12-6-5-7-13(10-12)18-15(21)16(2,3)4/h5-7,10-11,19H,8-9H2,1-4H3,(H,17,20)(H,18,21). The number of amides is 2. The largest absolute Gasteiger partial charge is 0.393 e. The number of hydrogen-bond acceptors (Lipinski definition) is 3. The Labute approximate surface area is 125 Å². The number of rotatable bonds is 5. The molecule has 1 atom stereocenters. The zero-order chi connectivity index (χ0) is 16.0. The van der Waals surface area contributed by atoms with Gasteiger partial charge in [-0.05, 0) is 31.5 Å². The number of benzene rings is 1. The Morgan fingerprint density at radius 2 is 1.76 bits per heavy atom. The van der Waals surface area contributed by atoms with Gasteiger partial charge in [0, 0.05) is 23.2 Å². The molecule has 0 fully saturated rings. The summed E-state index contributed by atoms with van der Waals surface area (Å²) in [6.07, 6.45) is 0.191. The number of hydrogen-bond donors (Lipinski definition) is 3. The predicted molar refractivity (Wildman–Crippen MR) is 84.1 cm³/mol. The summed E-state index contributed by atoms with van der Waals surface area (Å²) in [5.74, 6) is -0.240. The summed E-state index contributed by atoms with van der Waals surface area (Å²) in [6.45, 7) is 7.16. The first-order valence-corrected chi connectivity index (χ1v) is 7.08. The van der Waals surface area contributed by atoms with Crippen LogP contribution in [-0.2, 0) is 9.59 Å². The van der Waals surface area contributed by atoms with Gasteiger partial charge in [-0.3, -0.25) is 9.59 Å². The third-order valence-electron chi connectivity index (χ3n) is 2.87. The van der Waals surface area contributed by atoms with E-state index in [4.69, 9.17) is 5.11 Å². The van der Waals surface area contributed by atoms with Gasteiger partial charge in [0.2, 0.25) is 11.8 Å². The summed E-state index contributed by atoms with van der Waals surface area (Å²) in [4.78, 5) is 23.6. The van der Waals surface area contributed by atoms with E-state index in [1.54, 1.807) is 31.2 Å². The third kappa shape index (κ3) is 6.40. The second-order valence-electron chi connectivity index (χ2n) is 6.22. The third-order valence-corrected chi connectivity index (χ3v) is 2.87. The van der Waals surface area contributed by atoms with Crippen LogP contribution in [0.2, 0.25) is 0 Å². The highest BCUT2D eigenvalue weighted by Crippen LogP contribution is 2.20. The second-order valence-corrected chi connectivity index (χ2v) is 6.22. The van der Waals surface area contributed by atoms with Crippen molar-refractivity contribution in [3.05, 3.63) is 24.3 Å². The van der Waals surface area contributed by atoms with Crippen LogP contribution in [0.1, 0.15) is 40.5 Å². The summed E-state index contributed by atoms with van der Waals surface area (Å²) >= 11 is 0. The normalized spacial score (nSPS) is 12.6. The van der Waals surface area contributed by atoms with Gasteiger partial charge in [-0.25, -0.2) is 0 Å². The Hall–Kier alpha value is -1.88. The molecule has 0 bridgehead atoms. The fraction of sp³-hybridized carbons (Fsp3) is 0.500. The lowest BCUT2D eigenvalue weighted by atomic mass is 9.95. The van der Waals surface area contributed by atoms with Crippen molar-refractivity contribution < 1.29 is 14.7 Å². The van der Waals surface area contributed by atoms with E-state index in [1.165, 1.54) is 0 Å². The smallest absolute Gasteiger partial charge is 0.229 e. The zero-order valence-corrected chi connectivity index (χ0v) is 13.1. The Morgan fingerprint density at radius 3 is 2.29 bits per heavy atom. The first-order valence-electron chi connectivity index (χ1n) is 7.08. The van der Waals surface area contributed by atoms with Crippen LogP contribution in [0.5, 0.6) is 0 Å². The number of carbonyl (C=O) groups excluding carboxylic acids is 2. The minimum atomic E-state index is -0.492. The van der Waals surface area contributed by atoms with Crippen LogP contribution in [0.15, 0.2) is 24.3 Å². The van der Waals surface area contributed by atoms with Gasteiger partial charge >= 0.3 is 0 Å². The molecular formula is C16H24N2O3. The average molecular weight is 292 g/mol. The lowest BCUT2D eigenvalue weighted by Crippen LogP contribution is -2.27. The molecule has 3 N–H and O–H groups in total. The van der Waals surface area contributed by atoms with Crippen LogP contribution < -0.4 is 10.6 Å². The van der Waals surface area contributed by atoms with E-state index >= 15 is 0 Å². The average Bonchev–Trinajstić information content (AvgIpc) is 2.35. The van der Waals surface area contributed by atoms with E-state index in [0.717, 1.165) is 0 Å². The Kier molecular flexibility index (Phi) is 5.90. The van der Waals surface area contributed by atoms with Gasteiger partial charge in [0.25, 0.3) is 0 Å². The van der Waals surface area contributed by atoms with E-state index in [2.05, 4.69) is 10.6 Å². The van der Waals surface area contributed by atoms with Crippen molar-refractivity contribution in [2.75, 3.05) is 10.6 Å². The van der Waals surface area contributed by atoms with Crippen LogP contribution in [-0.4, -0.2) is 23.0 Å². The van der Waals surface area contributed by atoms with Crippen molar-refractivity contribution in [1.29, 1.82) is 0 Å². The molecule has 0 heterocycles. The maximum atomic E-state index is 11.9. The molecule has 0 aliphatic carbocycles.